The second kappa shape index (κ2) is 11.6. The molecular weight excluding hydrogens is 627 g/mol. The maximum atomic E-state index is 13.8. The number of ether oxygens (including phenoxy) is 3. The van der Waals surface area contributed by atoms with Crippen molar-refractivity contribution in [2.45, 2.75) is 19.6 Å². The summed E-state index contributed by atoms with van der Waals surface area (Å²) in [5, 5.41) is 0. The molecule has 1 aliphatic heterocycles. The van der Waals surface area contributed by atoms with Crippen LogP contribution in [0.5, 0.6) is 11.5 Å². The lowest BCUT2D eigenvalue weighted by Gasteiger charge is -2.24. The van der Waals surface area contributed by atoms with Gasteiger partial charge in [-0.2, -0.15) is 0 Å². The number of carbonyl (C=O) groups is 1. The van der Waals surface area contributed by atoms with Crippen molar-refractivity contribution < 1.29 is 19.0 Å². The van der Waals surface area contributed by atoms with Crippen LogP contribution in [0.3, 0.4) is 0 Å². The lowest BCUT2D eigenvalue weighted by atomic mass is 9.96. The smallest absolute Gasteiger partial charge is 0.338 e. The first kappa shape index (κ1) is 26.9. The van der Waals surface area contributed by atoms with Crippen LogP contribution in [0.2, 0.25) is 0 Å². The Hall–Kier alpha value is -3.70. The topological polar surface area (TPSA) is 79.1 Å². The van der Waals surface area contributed by atoms with Crippen LogP contribution in [-0.4, -0.2) is 24.8 Å². The average molecular weight is 653 g/mol. The van der Waals surface area contributed by atoms with Gasteiger partial charge in [-0.15, -0.1) is 0 Å². The van der Waals surface area contributed by atoms with Crippen molar-refractivity contribution in [1.29, 1.82) is 0 Å². The quantitative estimate of drug-likeness (QED) is 0.216. The zero-order chi connectivity index (χ0) is 27.5. The summed E-state index contributed by atoms with van der Waals surface area (Å²) in [7, 11) is 2.95. The molecule has 0 fully saturated rings. The molecule has 0 bridgehead atoms. The maximum Gasteiger partial charge on any atom is 0.338 e. The molecule has 2 heterocycles. The Morgan fingerprint density at radius 2 is 1.82 bits per heavy atom. The predicted octanol–water partition coefficient (Wildman–Crippen LogP) is 4.60. The number of carbonyl (C=O) groups excluding carboxylic acids is 1. The standard InChI is InChI=1S/C30H25IN2O5S/c1-18-26(29(35)37-3)27(20-7-5-4-6-8-20)33-28(34)25(39-30(33)32-18)16-19-9-14-24(36-2)21(15-19)17-38-23-12-10-22(31)11-13-23/h4-16,27H,17H2,1-3H3/b25-16-/t27-/m0/s1. The van der Waals surface area contributed by atoms with E-state index < -0.39 is 12.0 Å². The molecule has 7 nitrogen and oxygen atoms in total. The number of thiazole rings is 1. The second-order valence-electron chi connectivity index (χ2n) is 8.80. The van der Waals surface area contributed by atoms with Gasteiger partial charge in [0.15, 0.2) is 4.80 Å². The van der Waals surface area contributed by atoms with Crippen LogP contribution in [0.1, 0.15) is 29.7 Å². The molecular formula is C30H25IN2O5S. The summed E-state index contributed by atoms with van der Waals surface area (Å²) < 4.78 is 19.8. The fourth-order valence-corrected chi connectivity index (χ4v) is 5.89. The molecule has 0 aliphatic carbocycles. The molecule has 0 unspecified atom stereocenters. The normalized spacial score (nSPS) is 15.0. The number of esters is 1. The molecule has 39 heavy (non-hydrogen) atoms. The third-order valence-electron chi connectivity index (χ3n) is 6.35. The Balaban J connectivity index is 1.56. The van der Waals surface area contributed by atoms with E-state index in [1.807, 2.05) is 78.9 Å². The third kappa shape index (κ3) is 5.55. The van der Waals surface area contributed by atoms with Crippen molar-refractivity contribution in [1.82, 2.24) is 4.57 Å². The minimum Gasteiger partial charge on any atom is -0.496 e. The van der Waals surface area contributed by atoms with Crippen molar-refractivity contribution in [2.24, 2.45) is 4.99 Å². The number of fused-ring (bicyclic) bond motifs is 1. The fraction of sp³-hybridized carbons (Fsp3) is 0.167. The minimum absolute atomic E-state index is 0.228. The first-order valence-corrected chi connectivity index (χ1v) is 14.0. The van der Waals surface area contributed by atoms with E-state index in [9.17, 15) is 9.59 Å². The highest BCUT2D eigenvalue weighted by molar-refractivity contribution is 14.1. The van der Waals surface area contributed by atoms with Gasteiger partial charge in [-0.05, 0) is 83.1 Å². The van der Waals surface area contributed by atoms with E-state index in [-0.39, 0.29) is 5.56 Å². The number of benzene rings is 3. The summed E-state index contributed by atoms with van der Waals surface area (Å²) in [6.45, 7) is 2.07. The molecule has 0 radical (unpaired) electrons. The first-order valence-electron chi connectivity index (χ1n) is 12.1. The van der Waals surface area contributed by atoms with Gasteiger partial charge < -0.3 is 14.2 Å². The lowest BCUT2D eigenvalue weighted by Crippen LogP contribution is -2.39. The van der Waals surface area contributed by atoms with Gasteiger partial charge in [0.25, 0.3) is 5.56 Å². The van der Waals surface area contributed by atoms with Gasteiger partial charge in [0.1, 0.15) is 18.1 Å². The Morgan fingerprint density at radius 3 is 2.51 bits per heavy atom. The van der Waals surface area contributed by atoms with Crippen molar-refractivity contribution >= 4 is 46.0 Å². The van der Waals surface area contributed by atoms with Gasteiger partial charge >= 0.3 is 5.97 Å². The number of rotatable bonds is 7. The van der Waals surface area contributed by atoms with E-state index in [0.29, 0.717) is 33.0 Å². The van der Waals surface area contributed by atoms with Crippen molar-refractivity contribution in [3.8, 4) is 11.5 Å². The zero-order valence-electron chi connectivity index (χ0n) is 21.5. The van der Waals surface area contributed by atoms with Crippen LogP contribution in [0.4, 0.5) is 0 Å². The van der Waals surface area contributed by atoms with Gasteiger partial charge in [-0.3, -0.25) is 9.36 Å². The number of allylic oxidation sites excluding steroid dienone is 1. The highest BCUT2D eigenvalue weighted by Gasteiger charge is 2.32. The Labute approximate surface area is 242 Å². The molecule has 9 heteroatoms. The summed E-state index contributed by atoms with van der Waals surface area (Å²) in [6, 6.07) is 22.3. The Kier molecular flexibility index (Phi) is 7.99. The predicted molar refractivity (Wildman–Crippen MR) is 159 cm³/mol. The van der Waals surface area contributed by atoms with Gasteiger partial charge in [-0.1, -0.05) is 47.7 Å². The first-order chi connectivity index (χ1) is 18.9. The molecule has 3 aromatic carbocycles. The molecule has 5 rings (SSSR count). The van der Waals surface area contributed by atoms with Gasteiger partial charge in [0.05, 0.1) is 36.1 Å². The van der Waals surface area contributed by atoms with Gasteiger partial charge in [0.2, 0.25) is 0 Å². The maximum absolute atomic E-state index is 13.8. The van der Waals surface area contributed by atoms with Crippen LogP contribution >= 0.6 is 33.9 Å². The highest BCUT2D eigenvalue weighted by Crippen LogP contribution is 2.30. The van der Waals surface area contributed by atoms with E-state index in [2.05, 4.69) is 27.6 Å². The SMILES string of the molecule is COC(=O)C1=C(C)N=c2s/c(=C\c3ccc(OC)c(COc4ccc(I)cc4)c3)c(=O)n2[C@H]1c1ccccc1. The van der Waals surface area contributed by atoms with Crippen molar-refractivity contribution in [3.05, 3.63) is 124 Å². The molecule has 198 valence electrons. The summed E-state index contributed by atoms with van der Waals surface area (Å²) in [6.07, 6.45) is 1.83. The number of hydrogen-bond acceptors (Lipinski definition) is 7. The average Bonchev–Trinajstić information content (AvgIpc) is 3.26. The van der Waals surface area contributed by atoms with E-state index in [1.54, 1.807) is 18.6 Å². The van der Waals surface area contributed by atoms with Crippen molar-refractivity contribution in [2.75, 3.05) is 14.2 Å². The summed E-state index contributed by atoms with van der Waals surface area (Å²) in [4.78, 5) is 31.7. The van der Waals surface area contributed by atoms with Crippen LogP contribution in [0, 0.1) is 3.57 Å². The number of aromatic nitrogens is 1. The molecule has 1 atom stereocenters. The van der Waals surface area contributed by atoms with Crippen LogP contribution < -0.4 is 24.4 Å². The largest absolute Gasteiger partial charge is 0.496 e. The van der Waals surface area contributed by atoms with E-state index >= 15 is 0 Å². The Bertz CT molecular complexity index is 1740. The second-order valence-corrected chi connectivity index (χ2v) is 11.1. The van der Waals surface area contributed by atoms with Crippen LogP contribution in [0.15, 0.2) is 93.9 Å². The number of nitrogens with zero attached hydrogens (tertiary/aromatic N) is 2. The number of hydrogen-bond donors (Lipinski definition) is 0. The molecule has 1 aromatic heterocycles. The monoisotopic (exact) mass is 652 g/mol. The lowest BCUT2D eigenvalue weighted by molar-refractivity contribution is -0.136. The van der Waals surface area contributed by atoms with Gasteiger partial charge in [-0.25, -0.2) is 9.79 Å². The summed E-state index contributed by atoms with van der Waals surface area (Å²) >= 11 is 3.54. The molecule has 4 aromatic rings. The molecule has 0 saturated carbocycles. The summed E-state index contributed by atoms with van der Waals surface area (Å²) in [5.41, 5.74) is 3.13. The van der Waals surface area contributed by atoms with Crippen LogP contribution in [0.25, 0.3) is 6.08 Å². The van der Waals surface area contributed by atoms with E-state index in [0.717, 1.165) is 26.0 Å². The fourth-order valence-electron chi connectivity index (χ4n) is 4.49. The number of methoxy groups -OCH3 is 2. The van der Waals surface area contributed by atoms with Crippen molar-refractivity contribution in [3.63, 3.8) is 0 Å². The summed E-state index contributed by atoms with van der Waals surface area (Å²) in [5.74, 6) is 0.947. The van der Waals surface area contributed by atoms with E-state index in [4.69, 9.17) is 14.2 Å². The highest BCUT2D eigenvalue weighted by atomic mass is 127. The molecule has 0 amide bonds. The third-order valence-corrected chi connectivity index (χ3v) is 8.05. The Morgan fingerprint density at radius 1 is 1.08 bits per heavy atom. The number of halogens is 1. The molecule has 0 N–H and O–H groups in total. The minimum atomic E-state index is -0.634. The molecule has 0 saturated heterocycles. The van der Waals surface area contributed by atoms with Crippen LogP contribution in [-0.2, 0) is 16.1 Å². The molecule has 1 aliphatic rings. The zero-order valence-corrected chi connectivity index (χ0v) is 24.5. The van der Waals surface area contributed by atoms with Gasteiger partial charge in [0, 0.05) is 9.13 Å². The van der Waals surface area contributed by atoms with E-state index in [1.165, 1.54) is 18.4 Å². The molecule has 0 spiro atoms.